The number of hydrogen-bond acceptors (Lipinski definition) is 5. The second-order valence-electron chi connectivity index (χ2n) is 8.31. The number of carbonyl (C=O) groups is 2. The van der Waals surface area contributed by atoms with E-state index in [1.54, 1.807) is 23.1 Å². The van der Waals surface area contributed by atoms with E-state index in [1.807, 2.05) is 36.4 Å². The molecule has 0 aliphatic carbocycles. The van der Waals surface area contributed by atoms with Gasteiger partial charge in [-0.15, -0.1) is 0 Å². The van der Waals surface area contributed by atoms with Gasteiger partial charge in [0.15, 0.2) is 0 Å². The first-order valence-corrected chi connectivity index (χ1v) is 11.2. The zero-order valence-electron chi connectivity index (χ0n) is 18.6. The van der Waals surface area contributed by atoms with Crippen LogP contribution in [0.5, 0.6) is 0 Å². The van der Waals surface area contributed by atoms with Gasteiger partial charge in [0.1, 0.15) is 5.82 Å². The largest absolute Gasteiger partial charge is 0.376 e. The van der Waals surface area contributed by atoms with Crippen molar-refractivity contribution in [2.24, 2.45) is 0 Å². The van der Waals surface area contributed by atoms with E-state index in [2.05, 4.69) is 15.3 Å². The third-order valence-corrected chi connectivity index (χ3v) is 5.76. The molecule has 1 aliphatic rings. The second-order valence-corrected chi connectivity index (χ2v) is 8.31. The number of rotatable bonds is 8. The Hall–Kier alpha value is -3.52. The SMILES string of the molecule is CC(=O)N[C@@H](CC(=O)N(Cc1nc2ccccc2c(=O)[nH]1)C[C@H]1CCCO1)c1ccccc1. The van der Waals surface area contributed by atoms with E-state index in [4.69, 9.17) is 4.74 Å². The molecule has 2 heterocycles. The van der Waals surface area contributed by atoms with Crippen molar-refractivity contribution in [1.29, 1.82) is 0 Å². The molecular formula is C25H28N4O4. The first-order chi connectivity index (χ1) is 16.0. The van der Waals surface area contributed by atoms with E-state index >= 15 is 0 Å². The number of benzene rings is 2. The number of carbonyl (C=O) groups excluding carboxylic acids is 2. The van der Waals surface area contributed by atoms with Crippen LogP contribution in [0.15, 0.2) is 59.4 Å². The number of para-hydroxylation sites is 1. The molecule has 2 aromatic carbocycles. The molecule has 2 atom stereocenters. The van der Waals surface area contributed by atoms with Crippen LogP contribution in [0.3, 0.4) is 0 Å². The molecule has 4 rings (SSSR count). The van der Waals surface area contributed by atoms with Gasteiger partial charge in [-0.05, 0) is 30.5 Å². The summed E-state index contributed by atoms with van der Waals surface area (Å²) in [6.45, 7) is 2.67. The topological polar surface area (TPSA) is 104 Å². The smallest absolute Gasteiger partial charge is 0.258 e. The van der Waals surface area contributed by atoms with Crippen molar-refractivity contribution < 1.29 is 14.3 Å². The van der Waals surface area contributed by atoms with Crippen molar-refractivity contribution in [2.45, 2.75) is 44.9 Å². The van der Waals surface area contributed by atoms with Gasteiger partial charge in [-0.2, -0.15) is 0 Å². The lowest BCUT2D eigenvalue weighted by Gasteiger charge is -2.27. The minimum atomic E-state index is -0.452. The molecule has 1 aliphatic heterocycles. The summed E-state index contributed by atoms with van der Waals surface area (Å²) in [5, 5.41) is 3.39. The molecule has 0 unspecified atom stereocenters. The van der Waals surface area contributed by atoms with Gasteiger partial charge in [0.05, 0.1) is 36.0 Å². The molecule has 2 amide bonds. The fourth-order valence-electron chi connectivity index (χ4n) is 4.17. The summed E-state index contributed by atoms with van der Waals surface area (Å²) < 4.78 is 5.76. The van der Waals surface area contributed by atoms with Gasteiger partial charge in [-0.1, -0.05) is 42.5 Å². The van der Waals surface area contributed by atoms with Gasteiger partial charge in [0.25, 0.3) is 5.56 Å². The van der Waals surface area contributed by atoms with E-state index in [-0.39, 0.29) is 36.4 Å². The van der Waals surface area contributed by atoms with Gasteiger partial charge in [0.2, 0.25) is 11.8 Å². The van der Waals surface area contributed by atoms with Crippen LogP contribution in [0.25, 0.3) is 10.9 Å². The number of ether oxygens (including phenoxy) is 1. The molecule has 0 bridgehead atoms. The predicted octanol–water partition coefficient (Wildman–Crippen LogP) is 2.70. The standard InChI is InChI=1S/C25H28N4O4/c1-17(30)26-22(18-8-3-2-4-9-18)14-24(31)29(15-19-10-7-13-33-19)16-23-27-21-12-6-5-11-20(21)25(32)28-23/h2-6,8-9,11-12,19,22H,7,10,13-16H2,1H3,(H,26,30)(H,27,28,32)/t19-,22+/m1/s1. The lowest BCUT2D eigenvalue weighted by molar-refractivity contribution is -0.134. The van der Waals surface area contributed by atoms with Crippen LogP contribution >= 0.6 is 0 Å². The van der Waals surface area contributed by atoms with Crippen LogP contribution in [0, 0.1) is 0 Å². The summed E-state index contributed by atoms with van der Waals surface area (Å²) >= 11 is 0. The molecule has 8 nitrogen and oxygen atoms in total. The minimum absolute atomic E-state index is 0.0583. The van der Waals surface area contributed by atoms with Crippen LogP contribution in [-0.2, 0) is 20.9 Å². The summed E-state index contributed by atoms with van der Waals surface area (Å²) in [5.41, 5.74) is 1.21. The maximum atomic E-state index is 13.4. The normalized spacial score (nSPS) is 16.5. The quantitative estimate of drug-likeness (QED) is 0.551. The van der Waals surface area contributed by atoms with E-state index < -0.39 is 6.04 Å². The average Bonchev–Trinajstić information content (AvgIpc) is 3.32. The monoisotopic (exact) mass is 448 g/mol. The Morgan fingerprint density at radius 2 is 1.94 bits per heavy atom. The highest BCUT2D eigenvalue weighted by Crippen LogP contribution is 2.21. The van der Waals surface area contributed by atoms with Crippen molar-refractivity contribution in [3.63, 3.8) is 0 Å². The van der Waals surface area contributed by atoms with Gasteiger partial charge in [0, 0.05) is 20.1 Å². The molecule has 0 radical (unpaired) electrons. The summed E-state index contributed by atoms with van der Waals surface area (Å²) in [5.74, 6) is 0.0626. The Labute approximate surface area is 192 Å². The van der Waals surface area contributed by atoms with E-state index in [9.17, 15) is 14.4 Å². The van der Waals surface area contributed by atoms with Gasteiger partial charge >= 0.3 is 0 Å². The van der Waals surface area contributed by atoms with Crippen LogP contribution in [0.2, 0.25) is 0 Å². The van der Waals surface area contributed by atoms with Gasteiger partial charge in [-0.3, -0.25) is 14.4 Å². The molecule has 0 spiro atoms. The summed E-state index contributed by atoms with van der Waals surface area (Å²) in [4.78, 5) is 46.8. The zero-order valence-corrected chi connectivity index (χ0v) is 18.6. The Bertz CT molecular complexity index is 1170. The van der Waals surface area contributed by atoms with E-state index in [0.717, 1.165) is 18.4 Å². The number of aromatic amines is 1. The Morgan fingerprint density at radius 1 is 1.18 bits per heavy atom. The fraction of sp³-hybridized carbons (Fsp3) is 0.360. The van der Waals surface area contributed by atoms with Crippen LogP contribution in [-0.4, -0.2) is 45.9 Å². The van der Waals surface area contributed by atoms with Crippen LogP contribution < -0.4 is 10.9 Å². The molecular weight excluding hydrogens is 420 g/mol. The summed E-state index contributed by atoms with van der Waals surface area (Å²) in [6, 6.07) is 16.1. The number of fused-ring (bicyclic) bond motifs is 1. The third kappa shape index (κ3) is 5.84. The Morgan fingerprint density at radius 3 is 2.67 bits per heavy atom. The van der Waals surface area contributed by atoms with Gasteiger partial charge < -0.3 is 19.9 Å². The van der Waals surface area contributed by atoms with Gasteiger partial charge in [-0.25, -0.2) is 4.98 Å². The Balaban J connectivity index is 1.58. The maximum absolute atomic E-state index is 13.4. The third-order valence-electron chi connectivity index (χ3n) is 5.76. The molecule has 3 aromatic rings. The van der Waals surface area contributed by atoms with Crippen molar-refractivity contribution in [2.75, 3.05) is 13.2 Å². The minimum Gasteiger partial charge on any atom is -0.376 e. The zero-order chi connectivity index (χ0) is 23.2. The highest BCUT2D eigenvalue weighted by Gasteiger charge is 2.26. The first kappa shape index (κ1) is 22.7. The lowest BCUT2D eigenvalue weighted by atomic mass is 10.0. The number of hydrogen-bond donors (Lipinski definition) is 2. The van der Waals surface area contributed by atoms with Crippen molar-refractivity contribution in [1.82, 2.24) is 20.2 Å². The number of H-pyrrole nitrogens is 1. The highest BCUT2D eigenvalue weighted by atomic mass is 16.5. The Kier molecular flexibility index (Phi) is 7.14. The molecule has 1 fully saturated rings. The molecule has 1 aromatic heterocycles. The second kappa shape index (κ2) is 10.4. The highest BCUT2D eigenvalue weighted by molar-refractivity contribution is 5.80. The van der Waals surface area contributed by atoms with E-state index in [0.29, 0.717) is 29.9 Å². The number of nitrogens with zero attached hydrogens (tertiary/aromatic N) is 2. The lowest BCUT2D eigenvalue weighted by Crippen LogP contribution is -2.40. The van der Waals surface area contributed by atoms with Crippen LogP contribution in [0.1, 0.15) is 43.6 Å². The number of aromatic nitrogens is 2. The molecule has 2 N–H and O–H groups in total. The molecule has 172 valence electrons. The predicted molar refractivity (Wildman–Crippen MR) is 124 cm³/mol. The number of nitrogens with one attached hydrogen (secondary N) is 2. The molecule has 0 saturated carbocycles. The fourth-order valence-corrected chi connectivity index (χ4v) is 4.17. The summed E-state index contributed by atoms with van der Waals surface area (Å²) in [7, 11) is 0. The van der Waals surface area contributed by atoms with Crippen molar-refractivity contribution >= 4 is 22.7 Å². The summed E-state index contributed by atoms with van der Waals surface area (Å²) in [6.07, 6.45) is 1.86. The molecule has 8 heteroatoms. The maximum Gasteiger partial charge on any atom is 0.258 e. The van der Waals surface area contributed by atoms with Crippen LogP contribution in [0.4, 0.5) is 0 Å². The van der Waals surface area contributed by atoms with Crippen molar-refractivity contribution in [3.8, 4) is 0 Å². The average molecular weight is 449 g/mol. The van der Waals surface area contributed by atoms with E-state index in [1.165, 1.54) is 6.92 Å². The molecule has 33 heavy (non-hydrogen) atoms. The molecule has 1 saturated heterocycles. The van der Waals surface area contributed by atoms with Crippen molar-refractivity contribution in [3.05, 3.63) is 76.3 Å². The number of amides is 2. The first-order valence-electron chi connectivity index (χ1n) is 11.2.